The first-order chi connectivity index (χ1) is 16.0. The lowest BCUT2D eigenvalue weighted by molar-refractivity contribution is -0.111. The van der Waals surface area contributed by atoms with E-state index < -0.39 is 17.6 Å². The Morgan fingerprint density at radius 2 is 2.09 bits per heavy atom. The molecule has 0 saturated carbocycles. The van der Waals surface area contributed by atoms with Gasteiger partial charge in [-0.1, -0.05) is 6.58 Å². The molecule has 3 N–H and O–H groups in total. The lowest BCUT2D eigenvalue weighted by Crippen LogP contribution is -2.12. The van der Waals surface area contributed by atoms with E-state index in [-0.39, 0.29) is 29.4 Å². The number of aromatic amines is 2. The number of carbonyl (C=O) groups excluding carboxylic acids is 1. The first kappa shape index (κ1) is 22.5. The van der Waals surface area contributed by atoms with Crippen LogP contribution in [0.2, 0.25) is 0 Å². The molecule has 10 heteroatoms. The number of hydrogen-bond donors (Lipinski definition) is 3. The number of nitrogens with one attached hydrogen (secondary N) is 3. The fraction of sp³-hybridized carbons (Fsp3) is 0.348. The van der Waals surface area contributed by atoms with Crippen molar-refractivity contribution in [2.45, 2.75) is 32.1 Å². The van der Waals surface area contributed by atoms with Gasteiger partial charge in [-0.15, -0.1) is 0 Å². The number of H-pyrrole nitrogens is 2. The van der Waals surface area contributed by atoms with Crippen molar-refractivity contribution in [1.82, 2.24) is 20.4 Å². The Morgan fingerprint density at radius 1 is 1.27 bits per heavy atom. The number of amides is 1. The van der Waals surface area contributed by atoms with Crippen molar-refractivity contribution in [2.24, 2.45) is 5.92 Å². The second kappa shape index (κ2) is 9.43. The molecule has 1 atom stereocenters. The average Bonchev–Trinajstić information content (AvgIpc) is 3.33. The molecule has 2 aliphatic carbocycles. The normalized spacial score (nSPS) is 18.8. The van der Waals surface area contributed by atoms with Crippen LogP contribution >= 0.6 is 0 Å². The van der Waals surface area contributed by atoms with Gasteiger partial charge in [-0.25, -0.2) is 8.78 Å². The van der Waals surface area contributed by atoms with Crippen molar-refractivity contribution in [3.63, 3.8) is 0 Å². The number of rotatable bonds is 6. The number of hydrogen-bond acceptors (Lipinski definition) is 5. The highest BCUT2D eigenvalue weighted by molar-refractivity contribution is 6.01. The summed E-state index contributed by atoms with van der Waals surface area (Å²) in [6.07, 6.45) is 6.50. The molecule has 4 rings (SSSR count). The number of ether oxygens (including phenoxy) is 2. The van der Waals surface area contributed by atoms with E-state index in [0.717, 1.165) is 11.3 Å². The largest absolute Gasteiger partial charge is 0.498 e. The Kier molecular flexibility index (Phi) is 6.43. The van der Waals surface area contributed by atoms with Gasteiger partial charge in [0.05, 0.1) is 26.1 Å². The predicted octanol–water partition coefficient (Wildman–Crippen LogP) is 4.40. The highest BCUT2D eigenvalue weighted by Crippen LogP contribution is 2.41. The molecule has 0 spiro atoms. The zero-order chi connectivity index (χ0) is 23.5. The number of methoxy groups -OCH3 is 2. The van der Waals surface area contributed by atoms with Gasteiger partial charge in [0.2, 0.25) is 5.91 Å². The van der Waals surface area contributed by atoms with E-state index in [4.69, 9.17) is 9.47 Å². The Labute approximate surface area is 189 Å². The second-order valence-corrected chi connectivity index (χ2v) is 7.82. The topological polar surface area (TPSA) is 105 Å². The summed E-state index contributed by atoms with van der Waals surface area (Å²) < 4.78 is 41.0. The molecular formula is C23H25F2N5O3. The van der Waals surface area contributed by atoms with Crippen LogP contribution in [0, 0.1) is 5.92 Å². The highest BCUT2D eigenvalue weighted by atomic mass is 19.1. The molecule has 174 valence electrons. The van der Waals surface area contributed by atoms with Crippen LogP contribution in [0.3, 0.4) is 0 Å². The summed E-state index contributed by atoms with van der Waals surface area (Å²) in [7, 11) is 2.73. The molecule has 2 aromatic rings. The van der Waals surface area contributed by atoms with Gasteiger partial charge in [-0.2, -0.15) is 10.2 Å². The number of halogens is 2. The van der Waals surface area contributed by atoms with Crippen molar-refractivity contribution < 1.29 is 23.0 Å². The fourth-order valence-corrected chi connectivity index (χ4v) is 4.36. The van der Waals surface area contributed by atoms with Gasteiger partial charge in [0.1, 0.15) is 17.1 Å². The van der Waals surface area contributed by atoms with Gasteiger partial charge in [0, 0.05) is 23.3 Å². The quantitative estimate of drug-likeness (QED) is 0.440. The zero-order valence-electron chi connectivity index (χ0n) is 18.4. The SMILES string of the molecule is C=CC(=O)Nc1cn[nH]c1-c1n[nH]c2c1CCCC(C1=C(F)C(OC)=CCC(OC)=C1F)C2. The molecular weight excluding hydrogens is 432 g/mol. The molecule has 1 unspecified atom stereocenters. The van der Waals surface area contributed by atoms with Crippen molar-refractivity contribution in [3.05, 3.63) is 64.9 Å². The van der Waals surface area contributed by atoms with Gasteiger partial charge in [0.15, 0.2) is 17.4 Å². The molecule has 0 fully saturated rings. The van der Waals surface area contributed by atoms with Crippen LogP contribution < -0.4 is 5.32 Å². The molecule has 0 saturated heterocycles. The smallest absolute Gasteiger partial charge is 0.247 e. The predicted molar refractivity (Wildman–Crippen MR) is 118 cm³/mol. The lowest BCUT2D eigenvalue weighted by Gasteiger charge is -2.19. The standard InChI is InChI=1S/C23H25F2N5O3/c1-4-18(31)27-15-11-26-29-23(15)22-13-7-5-6-12(10-14(13)28-30-22)19-20(24)16(32-2)8-9-17(33-3)21(19)25/h4,8,11-12H,1,5-7,9-10H2,2-3H3,(H,26,29)(H,27,31)(H,28,30). The minimum Gasteiger partial charge on any atom is -0.498 e. The van der Waals surface area contributed by atoms with Gasteiger partial charge in [0.25, 0.3) is 0 Å². The van der Waals surface area contributed by atoms with E-state index >= 15 is 8.78 Å². The number of aromatic nitrogens is 4. The van der Waals surface area contributed by atoms with E-state index in [1.807, 2.05) is 0 Å². The Hall–Kier alpha value is -3.69. The van der Waals surface area contributed by atoms with E-state index in [1.54, 1.807) is 0 Å². The third kappa shape index (κ3) is 4.20. The summed E-state index contributed by atoms with van der Waals surface area (Å²) in [4.78, 5) is 11.8. The maximum atomic E-state index is 15.3. The number of nitrogens with zero attached hydrogens (tertiary/aromatic N) is 2. The molecule has 2 aliphatic rings. The van der Waals surface area contributed by atoms with Gasteiger partial charge >= 0.3 is 0 Å². The summed E-state index contributed by atoms with van der Waals surface area (Å²) in [5.41, 5.74) is 3.30. The first-order valence-corrected chi connectivity index (χ1v) is 10.6. The van der Waals surface area contributed by atoms with Crippen molar-refractivity contribution in [1.29, 1.82) is 0 Å². The maximum absolute atomic E-state index is 15.3. The molecule has 0 bridgehead atoms. The average molecular weight is 457 g/mol. The molecule has 33 heavy (non-hydrogen) atoms. The number of fused-ring (bicyclic) bond motifs is 1. The third-order valence-corrected chi connectivity index (χ3v) is 5.98. The van der Waals surface area contributed by atoms with Crippen molar-refractivity contribution in [3.8, 4) is 11.4 Å². The van der Waals surface area contributed by atoms with E-state index in [9.17, 15) is 4.79 Å². The first-order valence-electron chi connectivity index (χ1n) is 10.6. The van der Waals surface area contributed by atoms with Crippen molar-refractivity contribution in [2.75, 3.05) is 19.5 Å². The fourth-order valence-electron chi connectivity index (χ4n) is 4.36. The molecule has 0 radical (unpaired) electrons. The molecule has 0 aliphatic heterocycles. The summed E-state index contributed by atoms with van der Waals surface area (Å²) in [6.45, 7) is 3.46. The molecule has 8 nitrogen and oxygen atoms in total. The van der Waals surface area contributed by atoms with Crippen LogP contribution in [0.25, 0.3) is 11.4 Å². The van der Waals surface area contributed by atoms with Gasteiger partial charge < -0.3 is 14.8 Å². The molecule has 1 amide bonds. The molecule has 2 aromatic heterocycles. The van der Waals surface area contributed by atoms with Crippen LogP contribution in [-0.4, -0.2) is 40.5 Å². The minimum atomic E-state index is -0.710. The van der Waals surface area contributed by atoms with Crippen LogP contribution in [0.1, 0.15) is 30.5 Å². The van der Waals surface area contributed by atoms with Crippen molar-refractivity contribution >= 4 is 11.6 Å². The molecule has 0 aromatic carbocycles. The van der Waals surface area contributed by atoms with Crippen LogP contribution in [0.4, 0.5) is 14.5 Å². The van der Waals surface area contributed by atoms with E-state index in [0.29, 0.717) is 42.8 Å². The lowest BCUT2D eigenvalue weighted by atomic mass is 9.89. The van der Waals surface area contributed by atoms with Crippen LogP contribution in [0.15, 0.2) is 53.7 Å². The third-order valence-electron chi connectivity index (χ3n) is 5.98. The summed E-state index contributed by atoms with van der Waals surface area (Å²) in [6, 6.07) is 0. The van der Waals surface area contributed by atoms with Gasteiger partial charge in [-0.05, 0) is 43.8 Å². The summed E-state index contributed by atoms with van der Waals surface area (Å²) in [5.74, 6) is -2.13. The summed E-state index contributed by atoms with van der Waals surface area (Å²) in [5, 5.41) is 17.0. The zero-order valence-corrected chi connectivity index (χ0v) is 18.4. The Morgan fingerprint density at radius 3 is 2.82 bits per heavy atom. The van der Waals surface area contributed by atoms with Crippen LogP contribution in [-0.2, 0) is 27.1 Å². The Balaban J connectivity index is 1.71. The van der Waals surface area contributed by atoms with Gasteiger partial charge in [-0.3, -0.25) is 15.0 Å². The summed E-state index contributed by atoms with van der Waals surface area (Å²) >= 11 is 0. The highest BCUT2D eigenvalue weighted by Gasteiger charge is 2.33. The monoisotopic (exact) mass is 457 g/mol. The number of carbonyl (C=O) groups is 1. The second-order valence-electron chi connectivity index (χ2n) is 7.82. The van der Waals surface area contributed by atoms with E-state index in [1.165, 1.54) is 32.6 Å². The number of anilines is 1. The Bertz CT molecular complexity index is 1170. The van der Waals surface area contributed by atoms with Crippen LogP contribution in [0.5, 0.6) is 0 Å². The maximum Gasteiger partial charge on any atom is 0.247 e. The molecule has 2 heterocycles. The van der Waals surface area contributed by atoms with E-state index in [2.05, 4.69) is 32.3 Å². The minimum absolute atomic E-state index is 0.00188. The number of allylic oxidation sites excluding steroid dienone is 4.